The topological polar surface area (TPSA) is 45.2 Å². The number of fused-ring (bicyclic) bond motifs is 1. The van der Waals surface area contributed by atoms with E-state index in [1.807, 2.05) is 0 Å². The highest BCUT2D eigenvalue weighted by Gasteiger charge is 2.14. The minimum Gasteiger partial charge on any atom is -0.357 e. The Hall–Kier alpha value is -1.38. The normalized spacial score (nSPS) is 14.4. The number of nitrogens with zero attached hydrogens (tertiary/aromatic N) is 1. The molecule has 0 aliphatic carbocycles. The number of aliphatic imine (C=N–C) groups is 1. The van der Waals surface area contributed by atoms with E-state index in [2.05, 4.69) is 9.98 Å². The zero-order chi connectivity index (χ0) is 6.27. The molecule has 0 aromatic carbocycles. The number of aromatic amines is 1. The third kappa shape index (κ3) is 0.455. The summed E-state index contributed by atoms with van der Waals surface area (Å²) in [7, 11) is 0. The molecule has 1 aromatic rings. The van der Waals surface area contributed by atoms with E-state index in [0.717, 1.165) is 5.69 Å². The van der Waals surface area contributed by atoms with Crippen molar-refractivity contribution in [3.05, 3.63) is 18.0 Å². The van der Waals surface area contributed by atoms with E-state index in [4.69, 9.17) is 0 Å². The molecular weight excluding hydrogens is 116 g/mol. The quantitative estimate of drug-likeness (QED) is 0.543. The van der Waals surface area contributed by atoms with Gasteiger partial charge in [0, 0.05) is 6.20 Å². The molecule has 1 aliphatic heterocycles. The fraction of sp³-hybridized carbons (Fsp3) is 0. The molecule has 9 heavy (non-hydrogen) atoms. The van der Waals surface area contributed by atoms with Gasteiger partial charge in [-0.25, -0.2) is 0 Å². The van der Waals surface area contributed by atoms with E-state index < -0.39 is 0 Å². The van der Waals surface area contributed by atoms with Crippen LogP contribution >= 0.6 is 0 Å². The van der Waals surface area contributed by atoms with Gasteiger partial charge in [-0.05, 0) is 6.07 Å². The molecule has 0 fully saturated rings. The number of hydrogen-bond acceptors (Lipinski definition) is 2. The van der Waals surface area contributed by atoms with Crippen molar-refractivity contribution in [1.82, 2.24) is 4.98 Å². The summed E-state index contributed by atoms with van der Waals surface area (Å²) < 4.78 is 0. The average Bonchev–Trinajstić information content (AvgIpc) is 2.35. The summed E-state index contributed by atoms with van der Waals surface area (Å²) in [5.74, 6) is -0.0324. The minimum atomic E-state index is -0.0324. The first-order valence-corrected chi connectivity index (χ1v) is 2.64. The zero-order valence-corrected chi connectivity index (χ0v) is 4.59. The van der Waals surface area contributed by atoms with Crippen molar-refractivity contribution in [2.45, 2.75) is 0 Å². The summed E-state index contributed by atoms with van der Waals surface area (Å²) in [6.07, 6.45) is 3.03. The highest BCUT2D eigenvalue weighted by molar-refractivity contribution is 6.39. The zero-order valence-electron chi connectivity index (χ0n) is 4.59. The van der Waals surface area contributed by atoms with E-state index in [1.165, 1.54) is 6.21 Å². The third-order valence-corrected chi connectivity index (χ3v) is 1.29. The summed E-state index contributed by atoms with van der Waals surface area (Å²) in [5.41, 5.74) is 1.36. The number of H-pyrrole nitrogens is 1. The van der Waals surface area contributed by atoms with E-state index in [0.29, 0.717) is 5.69 Å². The molecule has 0 amide bonds. The predicted molar refractivity (Wildman–Crippen MR) is 33.3 cm³/mol. The van der Waals surface area contributed by atoms with Crippen LogP contribution in [0.4, 0.5) is 5.69 Å². The van der Waals surface area contributed by atoms with Crippen LogP contribution in [0.15, 0.2) is 17.3 Å². The van der Waals surface area contributed by atoms with E-state index in [-0.39, 0.29) is 5.78 Å². The predicted octanol–water partition coefficient (Wildman–Crippen LogP) is 0.913. The molecule has 2 heterocycles. The summed E-state index contributed by atoms with van der Waals surface area (Å²) in [4.78, 5) is 17.4. The van der Waals surface area contributed by atoms with Gasteiger partial charge in [-0.2, -0.15) is 0 Å². The van der Waals surface area contributed by atoms with Crippen molar-refractivity contribution in [3.8, 4) is 0 Å². The van der Waals surface area contributed by atoms with Gasteiger partial charge >= 0.3 is 0 Å². The Labute approximate surface area is 51.4 Å². The molecule has 0 unspecified atom stereocenters. The molecule has 2 rings (SSSR count). The molecule has 3 nitrogen and oxygen atoms in total. The molecular formula is C6H4N2O. The van der Waals surface area contributed by atoms with Gasteiger partial charge in [0.2, 0.25) is 5.78 Å². The van der Waals surface area contributed by atoms with Crippen molar-refractivity contribution in [2.24, 2.45) is 4.99 Å². The fourth-order valence-electron chi connectivity index (χ4n) is 0.859. The molecule has 0 bridgehead atoms. The van der Waals surface area contributed by atoms with Gasteiger partial charge in [-0.15, -0.1) is 0 Å². The second kappa shape index (κ2) is 1.31. The number of hydrogen-bond donors (Lipinski definition) is 1. The summed E-state index contributed by atoms with van der Waals surface area (Å²) >= 11 is 0. The molecule has 44 valence electrons. The van der Waals surface area contributed by atoms with Crippen molar-refractivity contribution in [3.63, 3.8) is 0 Å². The van der Waals surface area contributed by atoms with Gasteiger partial charge in [0.1, 0.15) is 5.69 Å². The van der Waals surface area contributed by atoms with Crippen LogP contribution in [0.25, 0.3) is 0 Å². The number of ketones is 1. The van der Waals surface area contributed by atoms with Crippen LogP contribution in [-0.4, -0.2) is 17.0 Å². The highest BCUT2D eigenvalue weighted by Crippen LogP contribution is 2.21. The van der Waals surface area contributed by atoms with Crippen molar-refractivity contribution < 1.29 is 4.79 Å². The number of carbonyl (C=O) groups excluding carboxylic acids is 1. The molecule has 0 spiro atoms. The maximum atomic E-state index is 10.7. The maximum absolute atomic E-state index is 10.7. The number of rotatable bonds is 0. The standard InChI is InChI=1S/C6H4N2O/c9-5-3-8-4-1-2-7-6(4)5/h1-3,7H. The Morgan fingerprint density at radius 2 is 2.44 bits per heavy atom. The monoisotopic (exact) mass is 120 g/mol. The molecule has 0 radical (unpaired) electrons. The van der Waals surface area contributed by atoms with Crippen LogP contribution in [0.1, 0.15) is 10.5 Å². The second-order valence-electron chi connectivity index (χ2n) is 1.86. The molecule has 1 N–H and O–H groups in total. The Morgan fingerprint density at radius 1 is 1.56 bits per heavy atom. The molecule has 0 atom stereocenters. The van der Waals surface area contributed by atoms with Gasteiger partial charge in [0.25, 0.3) is 0 Å². The number of aromatic nitrogens is 1. The van der Waals surface area contributed by atoms with E-state index in [9.17, 15) is 4.79 Å². The Balaban J connectivity index is 2.73. The lowest BCUT2D eigenvalue weighted by Gasteiger charge is -1.79. The SMILES string of the molecule is O=C1C=Nc2cc[nH]c21. The van der Waals surface area contributed by atoms with Crippen molar-refractivity contribution in [2.75, 3.05) is 0 Å². The van der Waals surface area contributed by atoms with Gasteiger partial charge in [-0.3, -0.25) is 9.79 Å². The van der Waals surface area contributed by atoms with Gasteiger partial charge in [-0.1, -0.05) is 0 Å². The molecule has 1 aromatic heterocycles. The van der Waals surface area contributed by atoms with Crippen LogP contribution in [0, 0.1) is 0 Å². The van der Waals surface area contributed by atoms with Crippen molar-refractivity contribution >= 4 is 17.7 Å². The third-order valence-electron chi connectivity index (χ3n) is 1.29. The van der Waals surface area contributed by atoms with Crippen LogP contribution < -0.4 is 0 Å². The smallest absolute Gasteiger partial charge is 0.222 e. The van der Waals surface area contributed by atoms with Crippen LogP contribution in [0.3, 0.4) is 0 Å². The first-order valence-electron chi connectivity index (χ1n) is 2.64. The highest BCUT2D eigenvalue weighted by atomic mass is 16.1. The molecule has 0 saturated heterocycles. The van der Waals surface area contributed by atoms with Crippen LogP contribution in [0.5, 0.6) is 0 Å². The Bertz CT molecular complexity index is 285. The first kappa shape index (κ1) is 4.49. The largest absolute Gasteiger partial charge is 0.357 e. The maximum Gasteiger partial charge on any atom is 0.222 e. The minimum absolute atomic E-state index is 0.0324. The van der Waals surface area contributed by atoms with Crippen LogP contribution in [0.2, 0.25) is 0 Å². The summed E-state index contributed by atoms with van der Waals surface area (Å²) in [5, 5.41) is 0. The number of nitrogens with one attached hydrogen (secondary N) is 1. The first-order chi connectivity index (χ1) is 4.38. The fourth-order valence-corrected chi connectivity index (χ4v) is 0.859. The lowest BCUT2D eigenvalue weighted by Crippen LogP contribution is -1.93. The molecule has 1 aliphatic rings. The van der Waals surface area contributed by atoms with E-state index >= 15 is 0 Å². The number of Topliss-reactive ketones (excluding diaryl/α,β-unsaturated/α-hetero) is 1. The Kier molecular flexibility index (Phi) is 0.656. The van der Waals surface area contributed by atoms with E-state index in [1.54, 1.807) is 12.3 Å². The van der Waals surface area contributed by atoms with Gasteiger partial charge in [0.15, 0.2) is 0 Å². The lowest BCUT2D eigenvalue weighted by molar-refractivity contribution is 0.107. The van der Waals surface area contributed by atoms with Gasteiger partial charge in [0.05, 0.1) is 11.9 Å². The summed E-state index contributed by atoms with van der Waals surface area (Å²) in [6, 6.07) is 1.77. The second-order valence-corrected chi connectivity index (χ2v) is 1.86. The Morgan fingerprint density at radius 3 is 3.22 bits per heavy atom. The van der Waals surface area contributed by atoms with Crippen LogP contribution in [-0.2, 0) is 0 Å². The summed E-state index contributed by atoms with van der Waals surface area (Å²) in [6.45, 7) is 0. The van der Waals surface area contributed by atoms with Gasteiger partial charge < -0.3 is 4.98 Å². The lowest BCUT2D eigenvalue weighted by atomic mass is 10.3. The average molecular weight is 120 g/mol. The molecule has 3 heteroatoms. The molecule has 0 saturated carbocycles. The number of carbonyl (C=O) groups is 1. The van der Waals surface area contributed by atoms with Crippen molar-refractivity contribution in [1.29, 1.82) is 0 Å².